The van der Waals surface area contributed by atoms with E-state index in [0.717, 1.165) is 49.3 Å². The highest BCUT2D eigenvalue weighted by Gasteiger charge is 2.26. The first kappa shape index (κ1) is 17.4. The predicted octanol–water partition coefficient (Wildman–Crippen LogP) is 2.13. The molecule has 0 bridgehead atoms. The highest BCUT2D eigenvalue weighted by atomic mass is 32.2. The number of thioether (sulfide) groups is 1. The zero-order valence-electron chi connectivity index (χ0n) is 14.9. The topological polar surface area (TPSA) is 72.3 Å². The zero-order valence-corrected chi connectivity index (χ0v) is 15.7. The molecule has 1 atom stereocenters. The largest absolute Gasteiger partial charge is 0.376 e. The minimum Gasteiger partial charge on any atom is -0.376 e. The van der Waals surface area contributed by atoms with Crippen molar-refractivity contribution in [2.45, 2.75) is 37.6 Å². The number of benzene rings is 1. The Bertz CT molecular complexity index is 770. The lowest BCUT2D eigenvalue weighted by Crippen LogP contribution is -2.32. The number of carbonyl (C=O) groups excluding carboxylic acids is 1. The molecular weight excluding hydrogens is 350 g/mol. The number of hydrogen-bond acceptors (Lipinski definition) is 6. The van der Waals surface area contributed by atoms with Gasteiger partial charge >= 0.3 is 0 Å². The van der Waals surface area contributed by atoms with Crippen LogP contribution in [0, 0.1) is 6.92 Å². The molecule has 0 saturated carbocycles. The average Bonchev–Trinajstić information content (AvgIpc) is 3.37. The van der Waals surface area contributed by atoms with E-state index in [0.29, 0.717) is 12.3 Å². The Balaban J connectivity index is 1.34. The van der Waals surface area contributed by atoms with Crippen LogP contribution in [0.1, 0.15) is 18.4 Å². The highest BCUT2D eigenvalue weighted by molar-refractivity contribution is 7.99. The van der Waals surface area contributed by atoms with Gasteiger partial charge in [-0.05, 0) is 31.9 Å². The van der Waals surface area contributed by atoms with Crippen LogP contribution in [0.15, 0.2) is 29.4 Å². The summed E-state index contributed by atoms with van der Waals surface area (Å²) >= 11 is 1.43. The van der Waals surface area contributed by atoms with Crippen molar-refractivity contribution in [1.29, 1.82) is 0 Å². The Morgan fingerprint density at radius 3 is 2.92 bits per heavy atom. The summed E-state index contributed by atoms with van der Waals surface area (Å²) < 4.78 is 7.60. The molecule has 26 heavy (non-hydrogen) atoms. The summed E-state index contributed by atoms with van der Waals surface area (Å²) in [6.45, 7) is 5.18. The van der Waals surface area contributed by atoms with Crippen LogP contribution in [0.3, 0.4) is 0 Å². The molecule has 1 aromatic carbocycles. The summed E-state index contributed by atoms with van der Waals surface area (Å²) in [4.78, 5) is 14.2. The number of aryl methyl sites for hydroxylation is 1. The lowest BCUT2D eigenvalue weighted by molar-refractivity contribution is -0.119. The number of rotatable bonds is 6. The molecular formula is C18H23N5O2S. The summed E-state index contributed by atoms with van der Waals surface area (Å²) in [6, 6.07) is 8.40. The quantitative estimate of drug-likeness (QED) is 0.782. The molecule has 0 spiro atoms. The third kappa shape index (κ3) is 3.71. The number of nitrogens with zero attached hydrogens (tertiary/aromatic N) is 4. The molecule has 1 fully saturated rings. The molecule has 2 aliphatic heterocycles. The number of hydrogen-bond donors (Lipinski definition) is 1. The summed E-state index contributed by atoms with van der Waals surface area (Å²) in [5.74, 6) is 1.20. The van der Waals surface area contributed by atoms with Crippen LogP contribution >= 0.6 is 11.8 Å². The second kappa shape index (κ2) is 7.67. The van der Waals surface area contributed by atoms with Gasteiger partial charge in [0.25, 0.3) is 0 Å². The van der Waals surface area contributed by atoms with Crippen LogP contribution in [0.5, 0.6) is 0 Å². The van der Waals surface area contributed by atoms with Gasteiger partial charge in [0, 0.05) is 31.9 Å². The van der Waals surface area contributed by atoms with Crippen molar-refractivity contribution in [1.82, 2.24) is 20.1 Å². The first-order chi connectivity index (χ1) is 12.7. The van der Waals surface area contributed by atoms with Gasteiger partial charge < -0.3 is 15.0 Å². The SMILES string of the molecule is Cc1ccc(N2CCn3c(SCC(=O)NC[C@H]4CCCO4)nnc32)cc1. The number of ether oxygens (including phenoxy) is 1. The third-order valence-corrected chi connectivity index (χ3v) is 5.68. The maximum absolute atomic E-state index is 12.1. The number of nitrogens with one attached hydrogen (secondary N) is 1. The minimum absolute atomic E-state index is 0.0104. The standard InChI is InChI=1S/C18H23N5O2S/c1-13-4-6-14(7-5-13)22-8-9-23-17(22)20-21-18(23)26-12-16(24)19-11-15-3-2-10-25-15/h4-7,15H,2-3,8-12H2,1H3,(H,19,24)/t15-/m1/s1. The number of fused-ring (bicyclic) bond motifs is 1. The van der Waals surface area contributed by atoms with Gasteiger partial charge in [-0.1, -0.05) is 29.5 Å². The monoisotopic (exact) mass is 373 g/mol. The van der Waals surface area contributed by atoms with Gasteiger partial charge in [-0.3, -0.25) is 9.36 Å². The first-order valence-corrected chi connectivity index (χ1v) is 9.98. The molecule has 0 radical (unpaired) electrons. The zero-order chi connectivity index (χ0) is 17.9. The van der Waals surface area contributed by atoms with E-state index in [1.165, 1.54) is 17.3 Å². The molecule has 0 aliphatic carbocycles. The molecule has 1 amide bonds. The van der Waals surface area contributed by atoms with Crippen LogP contribution < -0.4 is 10.2 Å². The van der Waals surface area contributed by atoms with Crippen molar-refractivity contribution in [3.63, 3.8) is 0 Å². The Labute approximate surface area is 157 Å². The fourth-order valence-corrected chi connectivity index (χ4v) is 4.06. The molecule has 7 nitrogen and oxygen atoms in total. The lowest BCUT2D eigenvalue weighted by atomic mass is 10.2. The molecule has 1 aromatic heterocycles. The summed E-state index contributed by atoms with van der Waals surface area (Å²) in [7, 11) is 0. The first-order valence-electron chi connectivity index (χ1n) is 8.99. The van der Waals surface area contributed by atoms with E-state index in [9.17, 15) is 4.79 Å². The van der Waals surface area contributed by atoms with Crippen molar-refractivity contribution >= 4 is 29.3 Å². The highest BCUT2D eigenvalue weighted by Crippen LogP contribution is 2.32. The molecule has 1 N–H and O–H groups in total. The average molecular weight is 373 g/mol. The smallest absolute Gasteiger partial charge is 0.232 e. The predicted molar refractivity (Wildman–Crippen MR) is 101 cm³/mol. The summed E-state index contributed by atoms with van der Waals surface area (Å²) in [5, 5.41) is 12.3. The lowest BCUT2D eigenvalue weighted by Gasteiger charge is -2.15. The molecule has 2 aromatic rings. The maximum atomic E-state index is 12.1. The Hall–Kier alpha value is -2.06. The van der Waals surface area contributed by atoms with Gasteiger partial charge in [0.15, 0.2) is 5.16 Å². The molecule has 4 rings (SSSR count). The van der Waals surface area contributed by atoms with Crippen molar-refractivity contribution in [3.05, 3.63) is 29.8 Å². The third-order valence-electron chi connectivity index (χ3n) is 4.71. The molecule has 2 aliphatic rings. The number of aromatic nitrogens is 3. The van der Waals surface area contributed by atoms with E-state index in [1.54, 1.807) is 0 Å². The van der Waals surface area contributed by atoms with Crippen molar-refractivity contribution in [2.24, 2.45) is 0 Å². The number of carbonyl (C=O) groups is 1. The number of anilines is 2. The summed E-state index contributed by atoms with van der Waals surface area (Å²) in [6.07, 6.45) is 2.28. The van der Waals surface area contributed by atoms with Crippen LogP contribution in [-0.2, 0) is 16.1 Å². The second-order valence-electron chi connectivity index (χ2n) is 6.65. The minimum atomic E-state index is 0.0104. The van der Waals surface area contributed by atoms with Gasteiger partial charge in [0.2, 0.25) is 11.9 Å². The molecule has 3 heterocycles. The molecule has 0 unspecified atom stereocenters. The van der Waals surface area contributed by atoms with E-state index in [4.69, 9.17) is 4.74 Å². The van der Waals surface area contributed by atoms with E-state index in [1.807, 2.05) is 0 Å². The fourth-order valence-electron chi connectivity index (χ4n) is 3.27. The van der Waals surface area contributed by atoms with Gasteiger partial charge in [-0.25, -0.2) is 0 Å². The normalized spacial score (nSPS) is 19.0. The van der Waals surface area contributed by atoms with Crippen LogP contribution in [0.2, 0.25) is 0 Å². The molecule has 8 heteroatoms. The van der Waals surface area contributed by atoms with Crippen molar-refractivity contribution < 1.29 is 9.53 Å². The molecule has 1 saturated heterocycles. The van der Waals surface area contributed by atoms with Crippen molar-refractivity contribution in [3.8, 4) is 0 Å². The van der Waals surface area contributed by atoms with Crippen LogP contribution in [-0.4, -0.2) is 52.2 Å². The van der Waals surface area contributed by atoms with E-state index < -0.39 is 0 Å². The van der Waals surface area contributed by atoms with Crippen molar-refractivity contribution in [2.75, 3.05) is 30.3 Å². The van der Waals surface area contributed by atoms with Crippen LogP contribution in [0.25, 0.3) is 0 Å². The Kier molecular flexibility index (Phi) is 5.12. The van der Waals surface area contributed by atoms with E-state index in [-0.39, 0.29) is 12.0 Å². The van der Waals surface area contributed by atoms with E-state index >= 15 is 0 Å². The van der Waals surface area contributed by atoms with Crippen LogP contribution in [0.4, 0.5) is 11.6 Å². The number of amides is 1. The maximum Gasteiger partial charge on any atom is 0.232 e. The Morgan fingerprint density at radius 2 is 2.15 bits per heavy atom. The van der Waals surface area contributed by atoms with Gasteiger partial charge in [-0.15, -0.1) is 10.2 Å². The van der Waals surface area contributed by atoms with E-state index in [2.05, 4.69) is 56.2 Å². The Morgan fingerprint density at radius 1 is 1.31 bits per heavy atom. The summed E-state index contributed by atoms with van der Waals surface area (Å²) in [5.41, 5.74) is 2.35. The molecule has 138 valence electrons. The fraction of sp³-hybridized carbons (Fsp3) is 0.500. The van der Waals surface area contributed by atoms with Gasteiger partial charge in [0.1, 0.15) is 0 Å². The van der Waals surface area contributed by atoms with Gasteiger partial charge in [0.05, 0.1) is 11.9 Å². The van der Waals surface area contributed by atoms with Gasteiger partial charge in [-0.2, -0.15) is 0 Å². The second-order valence-corrected chi connectivity index (χ2v) is 7.59.